The van der Waals surface area contributed by atoms with Crippen molar-refractivity contribution in [2.24, 2.45) is 0 Å². The molecule has 5 rings (SSSR count). The Kier molecular flexibility index (Phi) is 9.27. The number of nitrogens with zero attached hydrogens (tertiary/aromatic N) is 6. The standard InChI is InChI=1S/C30H43N6O3S2/c1-23-21-31-29(32-22-23)34-14-12-26(13-15-34)39-30-33-27-9-8-25(20-28(27)40-30)24-10-16-35(17-11-24)41(37,38)19-7-5-6-18-36(2,3)4/h8-10,20-22,26H,5-7,11-19H2,1-4H3/q+1. The molecule has 0 saturated carbocycles. The quantitative estimate of drug-likeness (QED) is 0.232. The zero-order valence-corrected chi connectivity index (χ0v) is 26.4. The van der Waals surface area contributed by atoms with Gasteiger partial charge in [0.05, 0.1) is 43.7 Å². The van der Waals surface area contributed by atoms with Crippen LogP contribution in [-0.2, 0) is 10.0 Å². The van der Waals surface area contributed by atoms with Crippen molar-refractivity contribution in [3.8, 4) is 5.19 Å². The fraction of sp³-hybridized carbons (Fsp3) is 0.567. The fourth-order valence-corrected chi connectivity index (χ4v) is 7.78. The fourth-order valence-electron chi connectivity index (χ4n) is 5.36. The number of benzene rings is 1. The minimum absolute atomic E-state index is 0.128. The zero-order valence-electron chi connectivity index (χ0n) is 24.8. The van der Waals surface area contributed by atoms with E-state index in [1.807, 2.05) is 25.4 Å². The number of quaternary nitrogens is 1. The highest BCUT2D eigenvalue weighted by Crippen LogP contribution is 2.33. The lowest BCUT2D eigenvalue weighted by Gasteiger charge is -2.31. The zero-order chi connectivity index (χ0) is 29.0. The molecule has 0 radical (unpaired) electrons. The Labute approximate surface area is 248 Å². The van der Waals surface area contributed by atoms with Crippen molar-refractivity contribution < 1.29 is 17.6 Å². The van der Waals surface area contributed by atoms with Gasteiger partial charge in [-0.2, -0.15) is 4.31 Å². The molecule has 0 atom stereocenters. The topological polar surface area (TPSA) is 88.5 Å². The summed E-state index contributed by atoms with van der Waals surface area (Å²) in [6.07, 6.45) is 11.2. The van der Waals surface area contributed by atoms with Crippen molar-refractivity contribution >= 4 is 43.1 Å². The van der Waals surface area contributed by atoms with Crippen LogP contribution < -0.4 is 9.64 Å². The normalized spacial score (nSPS) is 17.7. The van der Waals surface area contributed by atoms with Crippen molar-refractivity contribution in [1.29, 1.82) is 0 Å². The maximum Gasteiger partial charge on any atom is 0.274 e. The summed E-state index contributed by atoms with van der Waals surface area (Å²) in [5.41, 5.74) is 4.33. The van der Waals surface area contributed by atoms with Crippen LogP contribution in [0.5, 0.6) is 5.19 Å². The first-order valence-corrected chi connectivity index (χ1v) is 17.1. The second-order valence-corrected chi connectivity index (χ2v) is 15.3. The molecule has 0 unspecified atom stereocenters. The van der Waals surface area contributed by atoms with Crippen molar-refractivity contribution in [2.45, 2.75) is 51.6 Å². The number of fused-ring (bicyclic) bond motifs is 1. The lowest BCUT2D eigenvalue weighted by Crippen LogP contribution is -2.39. The number of thiazole rings is 1. The third kappa shape index (κ3) is 8.03. The van der Waals surface area contributed by atoms with E-state index >= 15 is 0 Å². The summed E-state index contributed by atoms with van der Waals surface area (Å²) in [5, 5.41) is 0.707. The van der Waals surface area contributed by atoms with Crippen LogP contribution in [0, 0.1) is 6.92 Å². The first kappa shape index (κ1) is 29.9. The van der Waals surface area contributed by atoms with Crippen LogP contribution >= 0.6 is 11.3 Å². The Morgan fingerprint density at radius 3 is 2.49 bits per heavy atom. The lowest BCUT2D eigenvalue weighted by molar-refractivity contribution is -0.870. The molecule has 2 aromatic heterocycles. The molecular formula is C30H43N6O3S2+. The van der Waals surface area contributed by atoms with Gasteiger partial charge in [0.15, 0.2) is 0 Å². The maximum atomic E-state index is 12.9. The molecule has 0 aliphatic carbocycles. The summed E-state index contributed by atoms with van der Waals surface area (Å²) in [6, 6.07) is 6.31. The molecular weight excluding hydrogens is 557 g/mol. The minimum atomic E-state index is -3.22. The Morgan fingerprint density at radius 2 is 1.80 bits per heavy atom. The average molecular weight is 600 g/mol. The highest BCUT2D eigenvalue weighted by Gasteiger charge is 2.25. The van der Waals surface area contributed by atoms with Crippen LogP contribution in [-0.4, -0.2) is 97.9 Å². The molecule has 2 aliphatic heterocycles. The second kappa shape index (κ2) is 12.7. The van der Waals surface area contributed by atoms with E-state index in [1.165, 1.54) is 5.57 Å². The SMILES string of the molecule is Cc1cnc(N2CCC(Oc3nc4ccc(C5=CCN(S(=O)(=O)CCCCC[N+](C)(C)C)CC5)cc4s3)CC2)nc1. The summed E-state index contributed by atoms with van der Waals surface area (Å²) in [5.74, 6) is 1.02. The second-order valence-electron chi connectivity index (χ2n) is 12.3. The molecule has 1 fully saturated rings. The van der Waals surface area contributed by atoms with Gasteiger partial charge in [-0.1, -0.05) is 23.5 Å². The lowest BCUT2D eigenvalue weighted by atomic mass is 10.0. The first-order valence-electron chi connectivity index (χ1n) is 14.6. The number of rotatable bonds is 11. The highest BCUT2D eigenvalue weighted by molar-refractivity contribution is 7.89. The molecule has 3 aromatic rings. The summed E-state index contributed by atoms with van der Waals surface area (Å²) in [6.45, 7) is 5.76. The number of sulfonamides is 1. The van der Waals surface area contributed by atoms with E-state index in [9.17, 15) is 8.42 Å². The number of hydrogen-bond acceptors (Lipinski definition) is 8. The van der Waals surface area contributed by atoms with Crippen molar-refractivity contribution in [2.75, 3.05) is 64.5 Å². The monoisotopic (exact) mass is 599 g/mol. The number of hydrogen-bond donors (Lipinski definition) is 0. The molecule has 0 spiro atoms. The minimum Gasteiger partial charge on any atom is -0.467 e. The van der Waals surface area contributed by atoms with Gasteiger partial charge in [-0.3, -0.25) is 0 Å². The number of aromatic nitrogens is 3. The Balaban J connectivity index is 1.13. The largest absolute Gasteiger partial charge is 0.467 e. The summed E-state index contributed by atoms with van der Waals surface area (Å²) >= 11 is 1.58. The molecule has 0 amide bonds. The third-order valence-electron chi connectivity index (χ3n) is 7.80. The van der Waals surface area contributed by atoms with Crippen LogP contribution in [0.25, 0.3) is 15.8 Å². The van der Waals surface area contributed by atoms with E-state index in [1.54, 1.807) is 15.6 Å². The van der Waals surface area contributed by atoms with Gasteiger partial charge >= 0.3 is 0 Å². The first-order chi connectivity index (χ1) is 19.6. The van der Waals surface area contributed by atoms with Gasteiger partial charge in [0.1, 0.15) is 6.10 Å². The van der Waals surface area contributed by atoms with Crippen molar-refractivity contribution in [3.63, 3.8) is 0 Å². The van der Waals surface area contributed by atoms with Crippen LogP contribution in [0.3, 0.4) is 0 Å². The average Bonchev–Trinajstić information content (AvgIpc) is 3.35. The highest BCUT2D eigenvalue weighted by atomic mass is 32.2. The van der Waals surface area contributed by atoms with Gasteiger partial charge < -0.3 is 14.1 Å². The Hall–Kier alpha value is -2.60. The van der Waals surface area contributed by atoms with Gasteiger partial charge in [-0.05, 0) is 61.4 Å². The molecule has 0 bridgehead atoms. The van der Waals surface area contributed by atoms with Crippen molar-refractivity contribution in [3.05, 3.63) is 47.8 Å². The Bertz CT molecular complexity index is 1460. The number of anilines is 1. The third-order valence-corrected chi connectivity index (χ3v) is 10.6. The summed E-state index contributed by atoms with van der Waals surface area (Å²) < 4.78 is 35.7. The van der Waals surface area contributed by atoms with Gasteiger partial charge in [0.25, 0.3) is 5.19 Å². The summed E-state index contributed by atoms with van der Waals surface area (Å²) in [4.78, 5) is 15.8. The van der Waals surface area contributed by atoms with E-state index in [0.717, 1.165) is 89.9 Å². The van der Waals surface area contributed by atoms with E-state index in [-0.39, 0.29) is 11.9 Å². The number of aryl methyl sites for hydroxylation is 1. The molecule has 41 heavy (non-hydrogen) atoms. The number of piperidine rings is 1. The molecule has 4 heterocycles. The van der Waals surface area contributed by atoms with Crippen LogP contribution in [0.4, 0.5) is 5.95 Å². The molecule has 11 heteroatoms. The predicted molar refractivity (Wildman–Crippen MR) is 167 cm³/mol. The molecule has 2 aliphatic rings. The maximum absolute atomic E-state index is 12.9. The van der Waals surface area contributed by atoms with Gasteiger partial charge in [0.2, 0.25) is 16.0 Å². The van der Waals surface area contributed by atoms with E-state index < -0.39 is 10.0 Å². The van der Waals surface area contributed by atoms with E-state index in [2.05, 4.69) is 54.2 Å². The molecule has 0 N–H and O–H groups in total. The smallest absolute Gasteiger partial charge is 0.274 e. The van der Waals surface area contributed by atoms with Crippen LogP contribution in [0.15, 0.2) is 36.7 Å². The van der Waals surface area contributed by atoms with E-state index in [0.29, 0.717) is 18.3 Å². The molecule has 1 saturated heterocycles. The Morgan fingerprint density at radius 1 is 1.05 bits per heavy atom. The number of unbranched alkanes of at least 4 members (excludes halogenated alkanes) is 2. The summed E-state index contributed by atoms with van der Waals surface area (Å²) in [7, 11) is 3.28. The predicted octanol–water partition coefficient (Wildman–Crippen LogP) is 4.74. The van der Waals surface area contributed by atoms with Gasteiger partial charge in [-0.25, -0.2) is 23.4 Å². The van der Waals surface area contributed by atoms with Gasteiger partial charge in [0, 0.05) is 51.4 Å². The van der Waals surface area contributed by atoms with E-state index in [4.69, 9.17) is 9.72 Å². The van der Waals surface area contributed by atoms with Gasteiger partial charge in [-0.15, -0.1) is 0 Å². The van der Waals surface area contributed by atoms with Crippen LogP contribution in [0.2, 0.25) is 0 Å². The molecule has 222 valence electrons. The molecule has 9 nitrogen and oxygen atoms in total. The van der Waals surface area contributed by atoms with Crippen LogP contribution in [0.1, 0.15) is 49.7 Å². The molecule has 1 aromatic carbocycles. The van der Waals surface area contributed by atoms with Crippen molar-refractivity contribution in [1.82, 2.24) is 19.3 Å². The number of ether oxygens (including phenoxy) is 1.